The number of fused-ring (bicyclic) bond motifs is 1. The summed E-state index contributed by atoms with van der Waals surface area (Å²) in [4.78, 5) is 23.8. The second-order valence-corrected chi connectivity index (χ2v) is 6.58. The normalized spacial score (nSPS) is 15.2. The summed E-state index contributed by atoms with van der Waals surface area (Å²) in [5.74, 6) is 1.07. The van der Waals surface area contributed by atoms with E-state index in [0.717, 1.165) is 24.2 Å². The number of benzene rings is 1. The van der Waals surface area contributed by atoms with Gasteiger partial charge in [0.15, 0.2) is 11.5 Å². The minimum atomic E-state index is -0.355. The molecule has 124 valence electrons. The van der Waals surface area contributed by atoms with Gasteiger partial charge in [-0.3, -0.25) is 9.59 Å². The zero-order valence-corrected chi connectivity index (χ0v) is 13.4. The molecule has 0 spiro atoms. The lowest BCUT2D eigenvalue weighted by atomic mass is 10.3. The fourth-order valence-electron chi connectivity index (χ4n) is 2.23. The van der Waals surface area contributed by atoms with Gasteiger partial charge in [0.25, 0.3) is 5.91 Å². The maximum Gasteiger partial charge on any atom is 0.286 e. The predicted molar refractivity (Wildman–Crippen MR) is 85.0 cm³/mol. The van der Waals surface area contributed by atoms with E-state index >= 15 is 0 Å². The maximum atomic E-state index is 12.2. The van der Waals surface area contributed by atoms with Crippen LogP contribution in [0.4, 0.5) is 5.69 Å². The van der Waals surface area contributed by atoms with Gasteiger partial charge < -0.3 is 20.1 Å². The molecular weight excluding hydrogens is 332 g/mol. The van der Waals surface area contributed by atoms with Crippen molar-refractivity contribution in [3.8, 4) is 11.5 Å². The van der Waals surface area contributed by atoms with Crippen molar-refractivity contribution in [1.82, 2.24) is 15.5 Å². The highest BCUT2D eigenvalue weighted by molar-refractivity contribution is 7.13. The second kappa shape index (κ2) is 6.08. The number of aromatic nitrogens is 2. The minimum Gasteiger partial charge on any atom is -0.454 e. The second-order valence-electron chi connectivity index (χ2n) is 5.52. The summed E-state index contributed by atoms with van der Waals surface area (Å²) in [7, 11) is 0. The molecule has 2 heterocycles. The molecule has 2 amide bonds. The van der Waals surface area contributed by atoms with Gasteiger partial charge in [-0.15, -0.1) is 10.2 Å². The number of amides is 2. The Kier molecular flexibility index (Phi) is 3.77. The van der Waals surface area contributed by atoms with Crippen LogP contribution in [0, 0.1) is 5.92 Å². The van der Waals surface area contributed by atoms with Gasteiger partial charge in [0.05, 0.1) is 6.54 Å². The molecular formula is C15H14N4O4S. The largest absolute Gasteiger partial charge is 0.454 e. The van der Waals surface area contributed by atoms with Crippen LogP contribution in [0.5, 0.6) is 11.5 Å². The Bertz CT molecular complexity index is 803. The van der Waals surface area contributed by atoms with E-state index in [1.54, 1.807) is 18.2 Å². The fourth-order valence-corrected chi connectivity index (χ4v) is 2.90. The molecule has 8 nitrogen and oxygen atoms in total. The van der Waals surface area contributed by atoms with E-state index in [9.17, 15) is 9.59 Å². The summed E-state index contributed by atoms with van der Waals surface area (Å²) in [6.07, 6.45) is 1.90. The van der Waals surface area contributed by atoms with Gasteiger partial charge in [0, 0.05) is 17.7 Å². The van der Waals surface area contributed by atoms with Crippen molar-refractivity contribution in [1.29, 1.82) is 0 Å². The molecule has 24 heavy (non-hydrogen) atoms. The molecule has 1 aromatic heterocycles. The molecule has 0 atom stereocenters. The standard InChI is InChI=1S/C15H14N4O4S/c20-13(8-1-2-8)16-6-12-18-19-15(24-12)14(21)17-9-3-4-10-11(5-9)23-7-22-10/h3-5,8H,1-2,6-7H2,(H,16,20)(H,17,21). The predicted octanol–water partition coefficient (Wildman–Crippen LogP) is 1.55. The SMILES string of the molecule is O=C(Nc1ccc2c(c1)OCO2)c1nnc(CNC(=O)C2CC2)s1. The third kappa shape index (κ3) is 3.16. The smallest absolute Gasteiger partial charge is 0.286 e. The summed E-state index contributed by atoms with van der Waals surface area (Å²) in [6, 6.07) is 5.15. The van der Waals surface area contributed by atoms with Gasteiger partial charge in [-0.25, -0.2) is 0 Å². The van der Waals surface area contributed by atoms with E-state index in [2.05, 4.69) is 20.8 Å². The number of ether oxygens (including phenoxy) is 2. The highest BCUT2D eigenvalue weighted by Gasteiger charge is 2.29. The van der Waals surface area contributed by atoms with E-state index in [1.165, 1.54) is 0 Å². The number of hydrogen-bond donors (Lipinski definition) is 2. The average Bonchev–Trinajstić information content (AvgIpc) is 3.15. The first kappa shape index (κ1) is 14.9. The molecule has 0 bridgehead atoms. The quantitative estimate of drug-likeness (QED) is 0.851. The summed E-state index contributed by atoms with van der Waals surface area (Å²) >= 11 is 1.15. The molecule has 2 aliphatic rings. The molecule has 1 aliphatic heterocycles. The first-order valence-electron chi connectivity index (χ1n) is 7.50. The van der Waals surface area contributed by atoms with E-state index in [-0.39, 0.29) is 29.5 Å². The monoisotopic (exact) mass is 346 g/mol. The number of nitrogens with one attached hydrogen (secondary N) is 2. The number of hydrogen-bond acceptors (Lipinski definition) is 7. The van der Waals surface area contributed by atoms with Crippen molar-refractivity contribution in [2.24, 2.45) is 5.92 Å². The molecule has 1 aliphatic carbocycles. The Morgan fingerprint density at radius 3 is 2.88 bits per heavy atom. The molecule has 0 saturated heterocycles. The van der Waals surface area contributed by atoms with Gasteiger partial charge >= 0.3 is 0 Å². The molecule has 4 rings (SSSR count). The number of anilines is 1. The molecule has 1 aromatic carbocycles. The Labute approximate surface area is 141 Å². The third-order valence-corrected chi connectivity index (χ3v) is 4.58. The Hall–Kier alpha value is -2.68. The fraction of sp³-hybridized carbons (Fsp3) is 0.333. The molecule has 0 unspecified atom stereocenters. The van der Waals surface area contributed by atoms with Crippen LogP contribution >= 0.6 is 11.3 Å². The first-order chi connectivity index (χ1) is 11.7. The van der Waals surface area contributed by atoms with Crippen molar-refractivity contribution >= 4 is 28.8 Å². The van der Waals surface area contributed by atoms with Crippen molar-refractivity contribution in [3.63, 3.8) is 0 Å². The van der Waals surface area contributed by atoms with E-state index in [1.807, 2.05) is 0 Å². The van der Waals surface area contributed by atoms with Crippen molar-refractivity contribution < 1.29 is 19.1 Å². The van der Waals surface area contributed by atoms with Gasteiger partial charge in [-0.2, -0.15) is 0 Å². The maximum absolute atomic E-state index is 12.2. The Morgan fingerprint density at radius 2 is 2.04 bits per heavy atom. The van der Waals surface area contributed by atoms with Gasteiger partial charge in [-0.1, -0.05) is 11.3 Å². The number of carbonyl (C=O) groups is 2. The lowest BCUT2D eigenvalue weighted by Gasteiger charge is -2.03. The van der Waals surface area contributed by atoms with Crippen LogP contribution in [0.15, 0.2) is 18.2 Å². The van der Waals surface area contributed by atoms with Crippen LogP contribution < -0.4 is 20.1 Å². The van der Waals surface area contributed by atoms with Crippen LogP contribution in [-0.2, 0) is 11.3 Å². The number of rotatable bonds is 5. The molecule has 1 fully saturated rings. The van der Waals surface area contributed by atoms with Crippen molar-refractivity contribution in [2.75, 3.05) is 12.1 Å². The lowest BCUT2D eigenvalue weighted by molar-refractivity contribution is -0.122. The summed E-state index contributed by atoms with van der Waals surface area (Å²) in [5.41, 5.74) is 0.586. The highest BCUT2D eigenvalue weighted by atomic mass is 32.1. The first-order valence-corrected chi connectivity index (χ1v) is 8.32. The van der Waals surface area contributed by atoms with Crippen LogP contribution in [-0.4, -0.2) is 28.8 Å². The van der Waals surface area contributed by atoms with E-state index < -0.39 is 0 Å². The zero-order valence-electron chi connectivity index (χ0n) is 12.6. The number of nitrogens with zero attached hydrogens (tertiary/aromatic N) is 2. The van der Waals surface area contributed by atoms with Gasteiger partial charge in [0.1, 0.15) is 5.01 Å². The average molecular weight is 346 g/mol. The molecule has 0 radical (unpaired) electrons. The van der Waals surface area contributed by atoms with E-state index in [0.29, 0.717) is 28.7 Å². The van der Waals surface area contributed by atoms with Crippen LogP contribution in [0.3, 0.4) is 0 Å². The van der Waals surface area contributed by atoms with Crippen LogP contribution in [0.2, 0.25) is 0 Å². The van der Waals surface area contributed by atoms with Crippen LogP contribution in [0.1, 0.15) is 27.7 Å². The van der Waals surface area contributed by atoms with E-state index in [4.69, 9.17) is 9.47 Å². The number of carbonyl (C=O) groups excluding carboxylic acids is 2. The molecule has 9 heteroatoms. The van der Waals surface area contributed by atoms with Gasteiger partial charge in [0.2, 0.25) is 17.7 Å². The molecule has 1 saturated carbocycles. The highest BCUT2D eigenvalue weighted by Crippen LogP contribution is 2.34. The Balaban J connectivity index is 1.36. The summed E-state index contributed by atoms with van der Waals surface area (Å²) in [5, 5.41) is 14.2. The van der Waals surface area contributed by atoms with Gasteiger partial charge in [-0.05, 0) is 25.0 Å². The zero-order chi connectivity index (χ0) is 16.5. The summed E-state index contributed by atoms with van der Waals surface area (Å²) in [6.45, 7) is 0.476. The van der Waals surface area contributed by atoms with Crippen molar-refractivity contribution in [3.05, 3.63) is 28.2 Å². The molecule has 2 N–H and O–H groups in total. The Morgan fingerprint density at radius 1 is 1.21 bits per heavy atom. The topological polar surface area (TPSA) is 102 Å². The minimum absolute atomic E-state index is 0.0385. The third-order valence-electron chi connectivity index (χ3n) is 3.65. The van der Waals surface area contributed by atoms with Crippen LogP contribution in [0.25, 0.3) is 0 Å². The molecule has 2 aromatic rings. The van der Waals surface area contributed by atoms with Crippen molar-refractivity contribution in [2.45, 2.75) is 19.4 Å². The summed E-state index contributed by atoms with van der Waals surface area (Å²) < 4.78 is 10.5. The lowest BCUT2D eigenvalue weighted by Crippen LogP contribution is -2.24.